The first-order valence-corrected chi connectivity index (χ1v) is 5.45. The van der Waals surface area contributed by atoms with Gasteiger partial charge in [-0.05, 0) is 62.9 Å². The van der Waals surface area contributed by atoms with Crippen molar-refractivity contribution in [3.8, 4) is 0 Å². The highest BCUT2D eigenvalue weighted by atomic mass is 16.3. The number of aliphatic hydroxyl groups is 1. The van der Waals surface area contributed by atoms with E-state index in [0.717, 1.165) is 38.8 Å². The summed E-state index contributed by atoms with van der Waals surface area (Å²) in [6, 6.07) is 0. The molecule has 0 radical (unpaired) electrons. The van der Waals surface area contributed by atoms with Gasteiger partial charge in [-0.1, -0.05) is 0 Å². The zero-order chi connectivity index (χ0) is 10.9. The molecule has 2 N–H and O–H groups in total. The molecule has 1 heterocycles. The molecule has 1 aliphatic heterocycles. The smallest absolute Gasteiger partial charge is 0.0567 e. The van der Waals surface area contributed by atoms with Crippen molar-refractivity contribution in [2.45, 2.75) is 38.5 Å². The minimum absolute atomic E-state index is 0.141. The molecule has 0 unspecified atom stereocenters. The fourth-order valence-electron chi connectivity index (χ4n) is 2.82. The maximum atomic E-state index is 9.35. The van der Waals surface area contributed by atoms with Crippen LogP contribution in [-0.4, -0.2) is 24.8 Å². The summed E-state index contributed by atoms with van der Waals surface area (Å²) in [4.78, 5) is 0. The lowest BCUT2D eigenvalue weighted by molar-refractivity contribution is 0.0798. The molecule has 1 saturated carbocycles. The van der Waals surface area contributed by atoms with E-state index in [0.29, 0.717) is 5.41 Å². The minimum atomic E-state index is -1.96. The van der Waals surface area contributed by atoms with Gasteiger partial charge in [0.25, 0.3) is 0 Å². The number of nitrogens with one attached hydrogen (secondary N) is 1. The Balaban J connectivity index is 1.91. The van der Waals surface area contributed by atoms with Gasteiger partial charge < -0.3 is 10.4 Å². The van der Waals surface area contributed by atoms with Gasteiger partial charge in [0.2, 0.25) is 0 Å². The lowest BCUT2D eigenvalue weighted by Crippen LogP contribution is -2.39. The highest BCUT2D eigenvalue weighted by Crippen LogP contribution is 2.44. The molecule has 1 saturated heterocycles. The maximum absolute atomic E-state index is 9.35. The summed E-state index contributed by atoms with van der Waals surface area (Å²) >= 11 is 0. The van der Waals surface area contributed by atoms with Crippen LogP contribution >= 0.6 is 0 Å². The number of hydrogen-bond donors (Lipinski definition) is 2. The summed E-state index contributed by atoms with van der Waals surface area (Å²) < 4.78 is 14.7. The summed E-state index contributed by atoms with van der Waals surface area (Å²) in [6.45, 7) is 0.252. The van der Waals surface area contributed by atoms with Gasteiger partial charge in [0.1, 0.15) is 0 Å². The molecule has 2 rings (SSSR count). The largest absolute Gasteiger partial charge is 0.396 e. The lowest BCUT2D eigenvalue weighted by Gasteiger charge is -2.42. The Bertz CT molecular complexity index is 211. The van der Waals surface area contributed by atoms with Gasteiger partial charge >= 0.3 is 0 Å². The van der Waals surface area contributed by atoms with Crippen LogP contribution < -0.4 is 5.32 Å². The quantitative estimate of drug-likeness (QED) is 0.649. The van der Waals surface area contributed by atoms with Gasteiger partial charge in [-0.25, -0.2) is 0 Å². The second-order valence-corrected chi connectivity index (χ2v) is 4.65. The van der Waals surface area contributed by atoms with Crippen LogP contribution in [0.2, 0.25) is 0 Å². The van der Waals surface area contributed by atoms with E-state index in [4.69, 9.17) is 2.74 Å². The average molecular weight is 185 g/mol. The van der Waals surface area contributed by atoms with Crippen molar-refractivity contribution in [1.82, 2.24) is 5.32 Å². The average Bonchev–Trinajstić information content (AvgIpc) is 2.18. The van der Waals surface area contributed by atoms with Crippen LogP contribution in [0, 0.1) is 11.3 Å². The van der Waals surface area contributed by atoms with E-state index >= 15 is 0 Å². The van der Waals surface area contributed by atoms with E-state index in [1.54, 1.807) is 0 Å². The van der Waals surface area contributed by atoms with Crippen molar-refractivity contribution in [1.29, 1.82) is 0 Å². The Morgan fingerprint density at radius 3 is 2.38 bits per heavy atom. The highest BCUT2D eigenvalue weighted by molar-refractivity contribution is 4.88. The Hall–Kier alpha value is -0.0800. The van der Waals surface area contributed by atoms with Crippen molar-refractivity contribution in [3.05, 3.63) is 0 Å². The van der Waals surface area contributed by atoms with E-state index < -0.39 is 6.56 Å². The first-order chi connectivity index (χ1) is 7.02. The van der Waals surface area contributed by atoms with Crippen LogP contribution in [0.4, 0.5) is 0 Å². The SMILES string of the molecule is [2H]C([2H])(O)C1CCC2(CCNCC2)CC1. The third-order valence-corrected chi connectivity index (χ3v) is 3.89. The van der Waals surface area contributed by atoms with E-state index in [-0.39, 0.29) is 5.92 Å². The summed E-state index contributed by atoms with van der Waals surface area (Å²) in [5.41, 5.74) is 0.465. The van der Waals surface area contributed by atoms with Gasteiger partial charge in [-0.2, -0.15) is 0 Å². The van der Waals surface area contributed by atoms with Crippen LogP contribution in [0.5, 0.6) is 0 Å². The maximum Gasteiger partial charge on any atom is 0.0567 e. The summed E-state index contributed by atoms with van der Waals surface area (Å²) in [7, 11) is 0. The van der Waals surface area contributed by atoms with Gasteiger partial charge in [0.05, 0.1) is 2.74 Å². The molecule has 0 aromatic carbocycles. The van der Waals surface area contributed by atoms with Crippen molar-refractivity contribution in [2.24, 2.45) is 11.3 Å². The van der Waals surface area contributed by atoms with Crippen molar-refractivity contribution < 1.29 is 7.85 Å². The van der Waals surface area contributed by atoms with Gasteiger partial charge in [0.15, 0.2) is 0 Å². The van der Waals surface area contributed by atoms with Crippen LogP contribution in [0.3, 0.4) is 0 Å². The van der Waals surface area contributed by atoms with E-state index in [9.17, 15) is 5.11 Å². The zero-order valence-electron chi connectivity index (χ0n) is 10.2. The molecule has 0 bridgehead atoms. The molecular weight excluding hydrogens is 162 g/mol. The summed E-state index contributed by atoms with van der Waals surface area (Å²) in [5.74, 6) is -0.141. The van der Waals surface area contributed by atoms with Crippen molar-refractivity contribution >= 4 is 0 Å². The molecule has 2 aliphatic rings. The molecule has 1 spiro atoms. The molecule has 0 atom stereocenters. The third kappa shape index (κ3) is 2.05. The second-order valence-electron chi connectivity index (χ2n) is 4.65. The van der Waals surface area contributed by atoms with Crippen LogP contribution in [0.1, 0.15) is 41.3 Å². The van der Waals surface area contributed by atoms with E-state index in [1.807, 2.05) is 0 Å². The molecule has 0 aromatic rings. The molecule has 2 heteroatoms. The van der Waals surface area contributed by atoms with E-state index in [1.165, 1.54) is 12.8 Å². The molecule has 0 amide bonds. The van der Waals surface area contributed by atoms with Crippen molar-refractivity contribution in [2.75, 3.05) is 19.6 Å². The predicted molar refractivity (Wildman–Crippen MR) is 53.6 cm³/mol. The molecule has 76 valence electrons. The molecule has 2 fully saturated rings. The van der Waals surface area contributed by atoms with Crippen LogP contribution in [-0.2, 0) is 0 Å². The highest BCUT2D eigenvalue weighted by Gasteiger charge is 2.35. The normalized spacial score (nSPS) is 32.7. The number of piperidine rings is 1. The molecule has 2 nitrogen and oxygen atoms in total. The molecular formula is C11H21NO. The standard InChI is InChI=1S/C11H21NO/c13-9-10-1-3-11(4-2-10)5-7-12-8-6-11/h10,12-13H,1-9H2/i9D2. The third-order valence-electron chi connectivity index (χ3n) is 3.89. The van der Waals surface area contributed by atoms with Crippen molar-refractivity contribution in [3.63, 3.8) is 0 Å². The number of rotatable bonds is 1. The summed E-state index contributed by atoms with van der Waals surface area (Å²) in [5, 5.41) is 12.7. The first-order valence-electron chi connectivity index (χ1n) is 6.45. The van der Waals surface area contributed by atoms with Crippen LogP contribution in [0.15, 0.2) is 0 Å². The molecule has 13 heavy (non-hydrogen) atoms. The zero-order valence-corrected chi connectivity index (χ0v) is 8.18. The lowest BCUT2D eigenvalue weighted by atomic mass is 9.66. The Kier molecular flexibility index (Phi) is 2.21. The van der Waals surface area contributed by atoms with Gasteiger partial charge in [-0.15, -0.1) is 0 Å². The van der Waals surface area contributed by atoms with Gasteiger partial charge in [-0.3, -0.25) is 0 Å². The van der Waals surface area contributed by atoms with E-state index in [2.05, 4.69) is 5.32 Å². The summed E-state index contributed by atoms with van der Waals surface area (Å²) in [6.07, 6.45) is 6.36. The topological polar surface area (TPSA) is 32.3 Å². The Morgan fingerprint density at radius 2 is 1.85 bits per heavy atom. The first kappa shape index (κ1) is 7.24. The predicted octanol–water partition coefficient (Wildman–Crippen LogP) is 1.54. The Morgan fingerprint density at radius 1 is 1.23 bits per heavy atom. The molecule has 0 aromatic heterocycles. The minimum Gasteiger partial charge on any atom is -0.396 e. The second kappa shape index (κ2) is 3.97. The number of hydrogen-bond acceptors (Lipinski definition) is 2. The van der Waals surface area contributed by atoms with Gasteiger partial charge in [0, 0.05) is 6.56 Å². The fourth-order valence-corrected chi connectivity index (χ4v) is 2.82. The van der Waals surface area contributed by atoms with Crippen LogP contribution in [0.25, 0.3) is 0 Å². The monoisotopic (exact) mass is 185 g/mol. The fraction of sp³-hybridized carbons (Fsp3) is 1.00. The Labute approximate surface area is 83.5 Å². The molecule has 1 aliphatic carbocycles.